The lowest BCUT2D eigenvalue weighted by Gasteiger charge is -2.22. The zero-order chi connectivity index (χ0) is 16.8. The molecule has 2 rings (SSSR count). The van der Waals surface area contributed by atoms with Crippen molar-refractivity contribution < 1.29 is 0 Å². The molecule has 24 heavy (non-hydrogen) atoms. The van der Waals surface area contributed by atoms with E-state index in [0.717, 1.165) is 49.1 Å². The smallest absolute Gasteiger partial charge is 0.194 e. The van der Waals surface area contributed by atoms with Crippen molar-refractivity contribution >= 4 is 29.9 Å². The highest BCUT2D eigenvalue weighted by Gasteiger charge is 2.25. The third-order valence-electron chi connectivity index (χ3n) is 4.35. The van der Waals surface area contributed by atoms with Crippen molar-refractivity contribution in [1.29, 1.82) is 0 Å². The summed E-state index contributed by atoms with van der Waals surface area (Å²) in [7, 11) is 1.98. The molecule has 1 aliphatic heterocycles. The SMILES string of the molecule is C=CCNC(=NCc1nnc(C)n1C)N1CCC(CC(C)C)C1.I. The molecule has 6 nitrogen and oxygen atoms in total. The van der Waals surface area contributed by atoms with Gasteiger partial charge in [-0.25, -0.2) is 4.99 Å². The summed E-state index contributed by atoms with van der Waals surface area (Å²) >= 11 is 0. The first-order chi connectivity index (χ1) is 11.0. The maximum absolute atomic E-state index is 4.76. The normalized spacial score (nSPS) is 18.0. The van der Waals surface area contributed by atoms with Crippen molar-refractivity contribution in [2.24, 2.45) is 23.9 Å². The molecule has 1 saturated heterocycles. The molecule has 1 aromatic rings. The van der Waals surface area contributed by atoms with Gasteiger partial charge in [0.1, 0.15) is 12.4 Å². The summed E-state index contributed by atoms with van der Waals surface area (Å²) in [6.07, 6.45) is 4.40. The first-order valence-corrected chi connectivity index (χ1v) is 8.50. The summed E-state index contributed by atoms with van der Waals surface area (Å²) in [5.74, 6) is 4.27. The lowest BCUT2D eigenvalue weighted by molar-refractivity contribution is 0.404. The van der Waals surface area contributed by atoms with Gasteiger partial charge in [-0.2, -0.15) is 0 Å². The van der Waals surface area contributed by atoms with E-state index in [9.17, 15) is 0 Å². The van der Waals surface area contributed by atoms with Crippen LogP contribution in [0.1, 0.15) is 38.3 Å². The van der Waals surface area contributed by atoms with Crippen molar-refractivity contribution in [2.75, 3.05) is 19.6 Å². The van der Waals surface area contributed by atoms with E-state index in [1.54, 1.807) is 0 Å². The molecule has 1 atom stereocenters. The number of halogens is 1. The third kappa shape index (κ3) is 5.75. The molecule has 136 valence electrons. The van der Waals surface area contributed by atoms with E-state index in [-0.39, 0.29) is 24.0 Å². The molecule has 1 aromatic heterocycles. The van der Waals surface area contributed by atoms with E-state index in [1.807, 2.05) is 24.6 Å². The Hall–Kier alpha value is -1.12. The zero-order valence-corrected chi connectivity index (χ0v) is 17.7. The van der Waals surface area contributed by atoms with Crippen LogP contribution in [-0.2, 0) is 13.6 Å². The highest BCUT2D eigenvalue weighted by atomic mass is 127. The Labute approximate surface area is 162 Å². The summed E-state index contributed by atoms with van der Waals surface area (Å²) in [6.45, 7) is 13.7. The van der Waals surface area contributed by atoms with Crippen LogP contribution >= 0.6 is 24.0 Å². The first-order valence-electron chi connectivity index (χ1n) is 8.50. The van der Waals surface area contributed by atoms with Gasteiger partial charge in [0.05, 0.1) is 0 Å². The van der Waals surface area contributed by atoms with Gasteiger partial charge in [0.25, 0.3) is 0 Å². The fourth-order valence-electron chi connectivity index (χ4n) is 3.05. The fraction of sp³-hybridized carbons (Fsp3) is 0.706. The topological polar surface area (TPSA) is 58.3 Å². The molecule has 1 fully saturated rings. The second kappa shape index (κ2) is 10.0. The number of nitrogens with zero attached hydrogens (tertiary/aromatic N) is 5. The van der Waals surface area contributed by atoms with Crippen molar-refractivity contribution in [3.63, 3.8) is 0 Å². The lowest BCUT2D eigenvalue weighted by atomic mass is 9.97. The van der Waals surface area contributed by atoms with Crippen LogP contribution in [0.25, 0.3) is 0 Å². The average molecular weight is 446 g/mol. The number of hydrogen-bond acceptors (Lipinski definition) is 3. The molecule has 7 heteroatoms. The standard InChI is InChI=1S/C17H30N6.HI/c1-6-8-18-17(19-11-16-21-20-14(4)22(16)5)23-9-7-15(12-23)10-13(2)3;/h6,13,15H,1,7-12H2,2-5H3,(H,18,19);1H. The van der Waals surface area contributed by atoms with Gasteiger partial charge in [-0.3, -0.25) is 0 Å². The van der Waals surface area contributed by atoms with Crippen LogP contribution in [0.15, 0.2) is 17.6 Å². The summed E-state index contributed by atoms with van der Waals surface area (Å²) in [4.78, 5) is 7.12. The number of hydrogen-bond donors (Lipinski definition) is 1. The number of nitrogens with one attached hydrogen (secondary N) is 1. The summed E-state index contributed by atoms with van der Waals surface area (Å²) < 4.78 is 1.99. The number of rotatable bonds is 6. The van der Waals surface area contributed by atoms with Gasteiger partial charge in [-0.15, -0.1) is 40.8 Å². The van der Waals surface area contributed by atoms with Crippen LogP contribution in [0, 0.1) is 18.8 Å². The number of aromatic nitrogens is 3. The molecule has 0 spiro atoms. The first kappa shape index (κ1) is 20.9. The monoisotopic (exact) mass is 446 g/mol. The van der Waals surface area contributed by atoms with Gasteiger partial charge in [-0.1, -0.05) is 19.9 Å². The summed E-state index contributed by atoms with van der Waals surface area (Å²) in [5, 5.41) is 11.7. The Balaban J connectivity index is 0.00000288. The molecular weight excluding hydrogens is 415 g/mol. The van der Waals surface area contributed by atoms with E-state index in [0.29, 0.717) is 6.54 Å². The van der Waals surface area contributed by atoms with Crippen LogP contribution in [0.3, 0.4) is 0 Å². The number of aryl methyl sites for hydroxylation is 1. The second-order valence-electron chi connectivity index (χ2n) is 6.76. The maximum atomic E-state index is 4.76. The molecule has 0 amide bonds. The molecule has 0 aliphatic carbocycles. The predicted octanol–water partition coefficient (Wildman–Crippen LogP) is 2.74. The van der Waals surface area contributed by atoms with Gasteiger partial charge >= 0.3 is 0 Å². The van der Waals surface area contributed by atoms with Gasteiger partial charge in [0.15, 0.2) is 11.8 Å². The maximum Gasteiger partial charge on any atom is 0.194 e. The van der Waals surface area contributed by atoms with Crippen molar-refractivity contribution in [2.45, 2.75) is 40.2 Å². The minimum absolute atomic E-state index is 0. The summed E-state index contributed by atoms with van der Waals surface area (Å²) in [6, 6.07) is 0. The Kier molecular flexibility index (Phi) is 8.72. The van der Waals surface area contributed by atoms with Crippen LogP contribution in [0.4, 0.5) is 0 Å². The van der Waals surface area contributed by atoms with Crippen LogP contribution in [0.2, 0.25) is 0 Å². The molecule has 1 aliphatic rings. The van der Waals surface area contributed by atoms with E-state index < -0.39 is 0 Å². The Morgan fingerprint density at radius 3 is 2.79 bits per heavy atom. The molecule has 2 heterocycles. The minimum Gasteiger partial charge on any atom is -0.353 e. The molecule has 1 N–H and O–H groups in total. The highest BCUT2D eigenvalue weighted by molar-refractivity contribution is 14.0. The average Bonchev–Trinajstić information content (AvgIpc) is 3.08. The predicted molar refractivity (Wildman–Crippen MR) is 110 cm³/mol. The number of guanidine groups is 1. The van der Waals surface area contributed by atoms with Gasteiger partial charge in [0, 0.05) is 26.7 Å². The van der Waals surface area contributed by atoms with E-state index in [2.05, 4.69) is 40.8 Å². The van der Waals surface area contributed by atoms with Gasteiger partial charge in [-0.05, 0) is 31.6 Å². The van der Waals surface area contributed by atoms with Crippen LogP contribution in [-0.4, -0.2) is 45.3 Å². The lowest BCUT2D eigenvalue weighted by Crippen LogP contribution is -2.40. The molecule has 0 saturated carbocycles. The molecule has 0 radical (unpaired) electrons. The zero-order valence-electron chi connectivity index (χ0n) is 15.3. The van der Waals surface area contributed by atoms with Gasteiger partial charge in [0.2, 0.25) is 0 Å². The second-order valence-corrected chi connectivity index (χ2v) is 6.76. The van der Waals surface area contributed by atoms with Crippen molar-refractivity contribution in [3.05, 3.63) is 24.3 Å². The largest absolute Gasteiger partial charge is 0.353 e. The highest BCUT2D eigenvalue weighted by Crippen LogP contribution is 2.23. The Morgan fingerprint density at radius 1 is 1.46 bits per heavy atom. The minimum atomic E-state index is 0. The van der Waals surface area contributed by atoms with E-state index in [4.69, 9.17) is 4.99 Å². The molecule has 0 aromatic carbocycles. The molecule has 0 bridgehead atoms. The van der Waals surface area contributed by atoms with Gasteiger partial charge < -0.3 is 14.8 Å². The van der Waals surface area contributed by atoms with E-state index >= 15 is 0 Å². The molecular formula is C17H31IN6. The quantitative estimate of drug-likeness (QED) is 0.316. The molecule has 1 unspecified atom stereocenters. The fourth-order valence-corrected chi connectivity index (χ4v) is 3.05. The van der Waals surface area contributed by atoms with E-state index in [1.165, 1.54) is 12.8 Å². The van der Waals surface area contributed by atoms with Crippen LogP contribution < -0.4 is 5.32 Å². The van der Waals surface area contributed by atoms with Crippen molar-refractivity contribution in [1.82, 2.24) is 25.0 Å². The number of aliphatic imine (C=N–C) groups is 1. The van der Waals surface area contributed by atoms with Crippen LogP contribution in [0.5, 0.6) is 0 Å². The van der Waals surface area contributed by atoms with Crippen molar-refractivity contribution in [3.8, 4) is 0 Å². The summed E-state index contributed by atoms with van der Waals surface area (Å²) in [5.41, 5.74) is 0. The third-order valence-corrected chi connectivity index (χ3v) is 4.35. The Morgan fingerprint density at radius 2 is 2.21 bits per heavy atom. The Bertz CT molecular complexity index is 551. The number of likely N-dealkylation sites (tertiary alicyclic amines) is 1.